The van der Waals surface area contributed by atoms with E-state index in [1.165, 1.54) is 24.8 Å². The average molecular weight is 243 g/mol. The van der Waals surface area contributed by atoms with Crippen molar-refractivity contribution in [3.8, 4) is 5.75 Å². The lowest BCUT2D eigenvalue weighted by Gasteiger charge is -2.06. The van der Waals surface area contributed by atoms with Gasteiger partial charge in [-0.25, -0.2) is 9.37 Å². The van der Waals surface area contributed by atoms with Crippen LogP contribution in [0.25, 0.3) is 10.9 Å². The second-order valence-electron chi connectivity index (χ2n) is 3.25. The van der Waals surface area contributed by atoms with Crippen LogP contribution in [0.1, 0.15) is 0 Å². The van der Waals surface area contributed by atoms with Gasteiger partial charge in [0.25, 0.3) is 5.56 Å². The van der Waals surface area contributed by atoms with E-state index in [4.69, 9.17) is 16.3 Å². The molecule has 16 heavy (non-hydrogen) atoms. The third kappa shape index (κ3) is 1.53. The van der Waals surface area contributed by atoms with Gasteiger partial charge in [-0.15, -0.1) is 0 Å². The normalized spacial score (nSPS) is 10.8. The van der Waals surface area contributed by atoms with Crippen LogP contribution in [-0.2, 0) is 7.05 Å². The predicted octanol–water partition coefficient (Wildman–Crippen LogP) is 1.73. The number of halogens is 2. The molecule has 0 aliphatic heterocycles. The second kappa shape index (κ2) is 3.75. The highest BCUT2D eigenvalue weighted by Crippen LogP contribution is 2.22. The third-order valence-electron chi connectivity index (χ3n) is 2.29. The summed E-state index contributed by atoms with van der Waals surface area (Å²) in [6, 6.07) is 2.44. The minimum atomic E-state index is -0.577. The van der Waals surface area contributed by atoms with Gasteiger partial charge in [-0.2, -0.15) is 0 Å². The van der Waals surface area contributed by atoms with Crippen LogP contribution in [0, 0.1) is 5.82 Å². The highest BCUT2D eigenvalue weighted by molar-refractivity contribution is 6.28. The Bertz CT molecular complexity index is 624. The summed E-state index contributed by atoms with van der Waals surface area (Å²) in [4.78, 5) is 15.7. The van der Waals surface area contributed by atoms with Gasteiger partial charge in [0.1, 0.15) is 0 Å². The van der Waals surface area contributed by atoms with Crippen LogP contribution in [0.15, 0.2) is 16.9 Å². The summed E-state index contributed by atoms with van der Waals surface area (Å²) >= 11 is 5.72. The lowest BCUT2D eigenvalue weighted by molar-refractivity contribution is 0.387. The zero-order valence-electron chi connectivity index (χ0n) is 8.62. The molecule has 0 amide bonds. The molecule has 4 nitrogen and oxygen atoms in total. The number of nitrogens with zero attached hydrogens (tertiary/aromatic N) is 2. The van der Waals surface area contributed by atoms with Gasteiger partial charge >= 0.3 is 0 Å². The van der Waals surface area contributed by atoms with Crippen LogP contribution in [0.4, 0.5) is 4.39 Å². The van der Waals surface area contributed by atoms with Crippen molar-refractivity contribution in [2.45, 2.75) is 0 Å². The number of fused-ring (bicyclic) bond motifs is 1. The molecule has 0 fully saturated rings. The Kier molecular flexibility index (Phi) is 2.55. The second-order valence-corrected chi connectivity index (χ2v) is 3.59. The summed E-state index contributed by atoms with van der Waals surface area (Å²) in [6.07, 6.45) is 0. The molecule has 6 heteroatoms. The average Bonchev–Trinajstić information content (AvgIpc) is 2.26. The Labute approximate surface area is 95.2 Å². The van der Waals surface area contributed by atoms with E-state index in [9.17, 15) is 9.18 Å². The Hall–Kier alpha value is -1.62. The molecule has 0 unspecified atom stereocenters. The van der Waals surface area contributed by atoms with Crippen molar-refractivity contribution in [1.82, 2.24) is 9.55 Å². The summed E-state index contributed by atoms with van der Waals surface area (Å²) in [5.41, 5.74) is -0.125. The van der Waals surface area contributed by atoms with Crippen molar-refractivity contribution in [1.29, 1.82) is 0 Å². The number of aromatic nitrogens is 2. The predicted molar refractivity (Wildman–Crippen MR) is 58.5 cm³/mol. The molecule has 0 aliphatic rings. The molecule has 84 valence electrons. The Balaban J connectivity index is 2.92. The minimum Gasteiger partial charge on any atom is -0.494 e. The van der Waals surface area contributed by atoms with E-state index in [1.54, 1.807) is 0 Å². The molecule has 1 aromatic carbocycles. The Morgan fingerprint density at radius 2 is 2.19 bits per heavy atom. The summed E-state index contributed by atoms with van der Waals surface area (Å²) < 4.78 is 19.3. The molecule has 1 aromatic heterocycles. The summed E-state index contributed by atoms with van der Waals surface area (Å²) in [6.45, 7) is 0. The van der Waals surface area contributed by atoms with E-state index in [0.29, 0.717) is 0 Å². The molecule has 0 N–H and O–H groups in total. The lowest BCUT2D eigenvalue weighted by Crippen LogP contribution is -2.18. The van der Waals surface area contributed by atoms with Crippen LogP contribution in [0.2, 0.25) is 5.28 Å². The highest BCUT2D eigenvalue weighted by Gasteiger charge is 2.11. The van der Waals surface area contributed by atoms with E-state index >= 15 is 0 Å². The molecule has 0 saturated carbocycles. The topological polar surface area (TPSA) is 44.1 Å². The van der Waals surface area contributed by atoms with Crippen LogP contribution < -0.4 is 10.3 Å². The zero-order valence-corrected chi connectivity index (χ0v) is 9.38. The summed E-state index contributed by atoms with van der Waals surface area (Å²) in [5.74, 6) is -0.569. The van der Waals surface area contributed by atoms with Gasteiger partial charge in [0, 0.05) is 13.1 Å². The van der Waals surface area contributed by atoms with Crippen LogP contribution in [0.3, 0.4) is 0 Å². The third-order valence-corrected chi connectivity index (χ3v) is 2.63. The van der Waals surface area contributed by atoms with Gasteiger partial charge in [0.2, 0.25) is 5.28 Å². The van der Waals surface area contributed by atoms with Crippen molar-refractivity contribution < 1.29 is 9.13 Å². The first-order valence-corrected chi connectivity index (χ1v) is 4.82. The molecule has 1 heterocycles. The number of ether oxygens (including phenoxy) is 1. The van der Waals surface area contributed by atoms with E-state index in [2.05, 4.69) is 4.98 Å². The molecule has 0 saturated heterocycles. The van der Waals surface area contributed by atoms with Crippen molar-refractivity contribution in [2.24, 2.45) is 7.05 Å². The first-order valence-electron chi connectivity index (χ1n) is 4.44. The van der Waals surface area contributed by atoms with Crippen LogP contribution >= 0.6 is 11.6 Å². The van der Waals surface area contributed by atoms with Gasteiger partial charge in [0.05, 0.1) is 18.0 Å². The smallest absolute Gasteiger partial charge is 0.262 e. The molecular formula is C10H8ClFN2O2. The first kappa shape index (κ1) is 10.9. The zero-order chi connectivity index (χ0) is 11.9. The minimum absolute atomic E-state index is 0.00808. The molecule has 0 atom stereocenters. The van der Waals surface area contributed by atoms with E-state index < -0.39 is 5.82 Å². The molecule has 0 bridgehead atoms. The van der Waals surface area contributed by atoms with Gasteiger partial charge in [-0.3, -0.25) is 9.36 Å². The Morgan fingerprint density at radius 3 is 2.81 bits per heavy atom. The standard InChI is InChI=1S/C10H8ClFN2O2/c1-14-9(15)5-3-8(16-2)6(12)4-7(5)13-10(14)11/h3-4H,1-2H3. The molecule has 2 rings (SSSR count). The summed E-state index contributed by atoms with van der Waals surface area (Å²) in [7, 11) is 2.82. The van der Waals surface area contributed by atoms with E-state index in [0.717, 1.165) is 6.07 Å². The number of methoxy groups -OCH3 is 1. The molecule has 2 aromatic rings. The number of hydrogen-bond donors (Lipinski definition) is 0. The van der Waals surface area contributed by atoms with Crippen molar-refractivity contribution in [3.05, 3.63) is 33.6 Å². The van der Waals surface area contributed by atoms with Crippen LogP contribution in [0.5, 0.6) is 5.75 Å². The fourth-order valence-corrected chi connectivity index (χ4v) is 1.57. The molecule has 0 radical (unpaired) electrons. The SMILES string of the molecule is COc1cc2c(=O)n(C)c(Cl)nc2cc1F. The van der Waals surface area contributed by atoms with Gasteiger partial charge in [0.15, 0.2) is 11.6 Å². The maximum Gasteiger partial charge on any atom is 0.262 e. The number of hydrogen-bond acceptors (Lipinski definition) is 3. The van der Waals surface area contributed by atoms with Crippen molar-refractivity contribution in [3.63, 3.8) is 0 Å². The molecule has 0 spiro atoms. The fourth-order valence-electron chi connectivity index (χ4n) is 1.40. The largest absolute Gasteiger partial charge is 0.494 e. The maximum absolute atomic E-state index is 13.4. The van der Waals surface area contributed by atoms with E-state index in [1.807, 2.05) is 0 Å². The number of rotatable bonds is 1. The first-order chi connectivity index (χ1) is 7.54. The van der Waals surface area contributed by atoms with Gasteiger partial charge < -0.3 is 4.74 Å². The quantitative estimate of drug-likeness (QED) is 0.716. The maximum atomic E-state index is 13.4. The lowest BCUT2D eigenvalue weighted by atomic mass is 10.2. The molecule has 0 aliphatic carbocycles. The monoisotopic (exact) mass is 242 g/mol. The van der Waals surface area contributed by atoms with Gasteiger partial charge in [-0.1, -0.05) is 0 Å². The number of benzene rings is 1. The molecular weight excluding hydrogens is 235 g/mol. The summed E-state index contributed by atoms with van der Waals surface area (Å²) in [5, 5.41) is 0.284. The van der Waals surface area contributed by atoms with Crippen molar-refractivity contribution in [2.75, 3.05) is 7.11 Å². The van der Waals surface area contributed by atoms with E-state index in [-0.39, 0.29) is 27.5 Å². The Morgan fingerprint density at radius 1 is 1.50 bits per heavy atom. The highest BCUT2D eigenvalue weighted by atomic mass is 35.5. The fraction of sp³-hybridized carbons (Fsp3) is 0.200. The van der Waals surface area contributed by atoms with Crippen molar-refractivity contribution >= 4 is 22.5 Å². The van der Waals surface area contributed by atoms with Gasteiger partial charge in [-0.05, 0) is 17.7 Å². The van der Waals surface area contributed by atoms with Crippen LogP contribution in [-0.4, -0.2) is 16.7 Å².